The molecular formula is C28H38N8O3. The van der Waals surface area contributed by atoms with E-state index in [1.807, 2.05) is 62.4 Å². The van der Waals surface area contributed by atoms with Crippen molar-refractivity contribution < 1.29 is 14.4 Å². The minimum atomic E-state index is -0.763. The summed E-state index contributed by atoms with van der Waals surface area (Å²) in [6.45, 7) is 6.62. The summed E-state index contributed by atoms with van der Waals surface area (Å²) in [6.07, 6.45) is 1.76. The molecule has 0 radical (unpaired) electrons. The number of H-pyrrole nitrogens is 1. The van der Waals surface area contributed by atoms with Crippen molar-refractivity contribution in [3.05, 3.63) is 54.1 Å². The molecule has 3 aromatic rings. The summed E-state index contributed by atoms with van der Waals surface area (Å²) >= 11 is 0. The van der Waals surface area contributed by atoms with Crippen molar-refractivity contribution >= 4 is 17.8 Å². The van der Waals surface area contributed by atoms with Crippen molar-refractivity contribution in [2.75, 3.05) is 27.2 Å². The van der Waals surface area contributed by atoms with Crippen molar-refractivity contribution in [2.45, 2.75) is 46.2 Å². The predicted molar refractivity (Wildman–Crippen MR) is 149 cm³/mol. The molecule has 0 aliphatic heterocycles. The Labute approximate surface area is 229 Å². The lowest BCUT2D eigenvalue weighted by atomic mass is 9.98. The van der Waals surface area contributed by atoms with Gasteiger partial charge in [0.2, 0.25) is 17.6 Å². The van der Waals surface area contributed by atoms with Gasteiger partial charge in [-0.1, -0.05) is 75.7 Å². The molecule has 0 aliphatic carbocycles. The van der Waals surface area contributed by atoms with Crippen LogP contribution in [0.5, 0.6) is 0 Å². The van der Waals surface area contributed by atoms with Gasteiger partial charge in [0.1, 0.15) is 6.04 Å². The van der Waals surface area contributed by atoms with Crippen LogP contribution < -0.4 is 10.6 Å². The van der Waals surface area contributed by atoms with Crippen molar-refractivity contribution in [1.82, 2.24) is 41.1 Å². The summed E-state index contributed by atoms with van der Waals surface area (Å²) < 4.78 is 0. The van der Waals surface area contributed by atoms with E-state index in [9.17, 15) is 14.4 Å². The van der Waals surface area contributed by atoms with Crippen molar-refractivity contribution in [2.24, 2.45) is 5.92 Å². The van der Waals surface area contributed by atoms with E-state index in [0.29, 0.717) is 18.9 Å². The van der Waals surface area contributed by atoms with Gasteiger partial charge in [-0.3, -0.25) is 9.59 Å². The Morgan fingerprint density at radius 3 is 2.28 bits per heavy atom. The summed E-state index contributed by atoms with van der Waals surface area (Å²) in [5.41, 5.74) is 3.80. The maximum Gasteiger partial charge on any atom is 0.318 e. The third-order valence-electron chi connectivity index (χ3n) is 6.36. The average Bonchev–Trinajstić information content (AvgIpc) is 3.47. The van der Waals surface area contributed by atoms with E-state index in [4.69, 9.17) is 0 Å². The van der Waals surface area contributed by atoms with Crippen LogP contribution in [0.1, 0.15) is 39.2 Å². The molecule has 0 saturated heterocycles. The lowest BCUT2D eigenvalue weighted by Crippen LogP contribution is -2.54. The number of carbonyl (C=O) groups is 3. The Morgan fingerprint density at radius 2 is 1.69 bits per heavy atom. The van der Waals surface area contributed by atoms with Crippen molar-refractivity contribution in [1.29, 1.82) is 0 Å². The first-order valence-electron chi connectivity index (χ1n) is 13.2. The number of unbranched alkanes of at least 4 members (excludes halogenated alkanes) is 1. The normalized spacial score (nSPS) is 11.6. The van der Waals surface area contributed by atoms with Crippen LogP contribution in [0.2, 0.25) is 0 Å². The predicted octanol–water partition coefficient (Wildman–Crippen LogP) is 3.07. The van der Waals surface area contributed by atoms with Crippen molar-refractivity contribution in [3.8, 4) is 22.5 Å². The number of aromatic amines is 1. The second-order valence-corrected chi connectivity index (χ2v) is 9.93. The van der Waals surface area contributed by atoms with Crippen LogP contribution in [0, 0.1) is 5.92 Å². The molecule has 0 aliphatic rings. The lowest BCUT2D eigenvalue weighted by molar-refractivity contribution is -0.131. The van der Waals surface area contributed by atoms with Gasteiger partial charge in [-0.05, 0) is 34.2 Å². The highest BCUT2D eigenvalue weighted by molar-refractivity contribution is 5.90. The van der Waals surface area contributed by atoms with Gasteiger partial charge in [0.15, 0.2) is 0 Å². The third-order valence-corrected chi connectivity index (χ3v) is 6.36. The van der Waals surface area contributed by atoms with Crippen LogP contribution in [-0.2, 0) is 16.1 Å². The van der Waals surface area contributed by atoms with Crippen LogP contribution in [0.25, 0.3) is 22.5 Å². The number of aromatic nitrogens is 4. The smallest absolute Gasteiger partial charge is 0.318 e. The van der Waals surface area contributed by atoms with Gasteiger partial charge in [-0.2, -0.15) is 5.21 Å². The van der Waals surface area contributed by atoms with Crippen LogP contribution in [-0.4, -0.2) is 81.5 Å². The van der Waals surface area contributed by atoms with Crippen LogP contribution >= 0.6 is 0 Å². The molecule has 1 aromatic heterocycles. The average molecular weight is 535 g/mol. The first kappa shape index (κ1) is 29.3. The molecule has 39 heavy (non-hydrogen) atoms. The fourth-order valence-corrected chi connectivity index (χ4v) is 4.01. The summed E-state index contributed by atoms with van der Waals surface area (Å²) in [5.74, 6) is -0.236. The maximum absolute atomic E-state index is 13.3. The summed E-state index contributed by atoms with van der Waals surface area (Å²) in [4.78, 5) is 41.1. The molecule has 1 heterocycles. The number of carbonyl (C=O) groups excluding carboxylic acids is 3. The Bertz CT molecular complexity index is 1230. The molecule has 1 atom stereocenters. The number of amides is 4. The molecule has 3 N–H and O–H groups in total. The molecule has 11 heteroatoms. The molecule has 3 rings (SSSR count). The van der Waals surface area contributed by atoms with Gasteiger partial charge in [0, 0.05) is 32.7 Å². The fourth-order valence-electron chi connectivity index (χ4n) is 4.01. The largest absolute Gasteiger partial charge is 0.347 e. The SMILES string of the molecule is CCCCN(Cc1ccc(-c2ccccc2-c2nn[nH]n2)cc1)C(=O)NC(C(=O)NCC(=O)N(C)C)C(C)C. The Kier molecular flexibility index (Phi) is 10.5. The van der Waals surface area contributed by atoms with Crippen LogP contribution in [0.4, 0.5) is 4.79 Å². The van der Waals surface area contributed by atoms with Gasteiger partial charge >= 0.3 is 6.03 Å². The second-order valence-electron chi connectivity index (χ2n) is 9.93. The van der Waals surface area contributed by atoms with E-state index in [2.05, 4.69) is 38.2 Å². The second kappa shape index (κ2) is 14.0. The van der Waals surface area contributed by atoms with E-state index in [1.54, 1.807) is 19.0 Å². The number of rotatable bonds is 12. The molecule has 0 spiro atoms. The van der Waals surface area contributed by atoms with E-state index >= 15 is 0 Å². The standard InChI is InChI=1S/C28H38N8O3/c1-6-7-16-36(28(39)30-25(19(2)3)27(38)29-17-24(37)35(4)5)18-20-12-14-21(15-13-20)22-10-8-9-11-23(22)26-31-33-34-32-26/h8-15,19,25H,6-7,16-18H2,1-5H3,(H,29,38)(H,30,39)(H,31,32,33,34). The maximum atomic E-state index is 13.3. The number of likely N-dealkylation sites (N-methyl/N-ethyl adjacent to an activating group) is 1. The molecule has 2 aromatic carbocycles. The van der Waals surface area contributed by atoms with Gasteiger partial charge < -0.3 is 20.4 Å². The number of nitrogens with one attached hydrogen (secondary N) is 3. The zero-order chi connectivity index (χ0) is 28.4. The molecule has 0 fully saturated rings. The molecule has 1 unspecified atom stereocenters. The first-order chi connectivity index (χ1) is 18.7. The molecule has 4 amide bonds. The molecule has 208 valence electrons. The number of benzene rings is 2. The molecular weight excluding hydrogens is 496 g/mol. The first-order valence-corrected chi connectivity index (χ1v) is 13.2. The van der Waals surface area contributed by atoms with Gasteiger partial charge in [-0.25, -0.2) is 4.79 Å². The zero-order valence-electron chi connectivity index (χ0n) is 23.3. The van der Waals surface area contributed by atoms with Crippen LogP contribution in [0.3, 0.4) is 0 Å². The fraction of sp³-hybridized carbons (Fsp3) is 0.429. The van der Waals surface area contributed by atoms with Gasteiger partial charge in [0.05, 0.1) is 6.54 Å². The Hall–Kier alpha value is -4.28. The topological polar surface area (TPSA) is 136 Å². The van der Waals surface area contributed by atoms with E-state index in [1.165, 1.54) is 4.90 Å². The van der Waals surface area contributed by atoms with E-state index in [-0.39, 0.29) is 30.3 Å². The van der Waals surface area contributed by atoms with Gasteiger partial charge in [0.25, 0.3) is 0 Å². The lowest BCUT2D eigenvalue weighted by Gasteiger charge is -2.28. The number of tetrazole rings is 1. The molecule has 0 bridgehead atoms. The minimum absolute atomic E-state index is 0.118. The summed E-state index contributed by atoms with van der Waals surface area (Å²) in [6, 6.07) is 14.8. The number of urea groups is 1. The molecule has 0 saturated carbocycles. The highest BCUT2D eigenvalue weighted by Crippen LogP contribution is 2.29. The molecule has 11 nitrogen and oxygen atoms in total. The quantitative estimate of drug-likeness (QED) is 0.327. The van der Waals surface area contributed by atoms with Gasteiger partial charge in [-0.15, -0.1) is 10.2 Å². The third kappa shape index (κ3) is 8.10. The highest BCUT2D eigenvalue weighted by Gasteiger charge is 2.27. The van der Waals surface area contributed by atoms with Crippen LogP contribution in [0.15, 0.2) is 48.5 Å². The summed E-state index contributed by atoms with van der Waals surface area (Å²) in [7, 11) is 3.25. The highest BCUT2D eigenvalue weighted by atomic mass is 16.2. The zero-order valence-corrected chi connectivity index (χ0v) is 23.3. The van der Waals surface area contributed by atoms with E-state index in [0.717, 1.165) is 35.1 Å². The number of hydrogen-bond donors (Lipinski definition) is 3. The summed E-state index contributed by atoms with van der Waals surface area (Å²) in [5, 5.41) is 19.9. The minimum Gasteiger partial charge on any atom is -0.347 e. The van der Waals surface area contributed by atoms with E-state index < -0.39 is 6.04 Å². The van der Waals surface area contributed by atoms with Crippen molar-refractivity contribution in [3.63, 3.8) is 0 Å². The monoisotopic (exact) mass is 534 g/mol. The Morgan fingerprint density at radius 1 is 1.00 bits per heavy atom. The number of nitrogens with zero attached hydrogens (tertiary/aromatic N) is 5. The number of hydrogen-bond acceptors (Lipinski definition) is 6. The Balaban J connectivity index is 1.72.